The van der Waals surface area contributed by atoms with E-state index in [1.54, 1.807) is 19.1 Å². The topological polar surface area (TPSA) is 93.7 Å². The maximum atomic E-state index is 12.6. The minimum atomic E-state index is -0.877. The highest BCUT2D eigenvalue weighted by Gasteiger charge is 2.35. The van der Waals surface area contributed by atoms with Crippen molar-refractivity contribution < 1.29 is 23.9 Å². The lowest BCUT2D eigenvalue weighted by Crippen LogP contribution is -2.45. The molecule has 3 aromatic rings. The van der Waals surface area contributed by atoms with Crippen LogP contribution in [0.3, 0.4) is 0 Å². The van der Waals surface area contributed by atoms with Gasteiger partial charge in [-0.1, -0.05) is 60.7 Å². The van der Waals surface area contributed by atoms with Crippen molar-refractivity contribution in [2.75, 3.05) is 7.11 Å². The molecule has 0 bridgehead atoms. The number of allylic oxidation sites excluding steroid dienone is 1. The minimum Gasteiger partial charge on any atom is -0.466 e. The normalized spacial score (nSPS) is 15.8. The van der Waals surface area contributed by atoms with Crippen molar-refractivity contribution >= 4 is 34.8 Å². The third-order valence-corrected chi connectivity index (χ3v) is 5.32. The molecule has 0 aliphatic carbocycles. The Balaban J connectivity index is 1.80. The van der Waals surface area contributed by atoms with Gasteiger partial charge in [-0.2, -0.15) is 0 Å². The molecule has 2 amide bonds. The number of benzene rings is 3. The lowest BCUT2D eigenvalue weighted by molar-refractivity contribution is -0.136. The van der Waals surface area contributed by atoms with Crippen LogP contribution in [0.15, 0.2) is 84.1 Å². The van der Waals surface area contributed by atoms with Crippen molar-refractivity contribution in [3.63, 3.8) is 0 Å². The number of nitrogens with one attached hydrogen (secondary N) is 2. The van der Waals surface area contributed by atoms with E-state index in [1.807, 2.05) is 60.7 Å². The zero-order valence-corrected chi connectivity index (χ0v) is 18.1. The number of fused-ring (bicyclic) bond motifs is 1. The Morgan fingerprint density at radius 1 is 0.970 bits per heavy atom. The fraction of sp³-hybridized carbons (Fsp3) is 0.115. The summed E-state index contributed by atoms with van der Waals surface area (Å²) in [6.45, 7) is 1.62. The molecule has 1 atom stereocenters. The van der Waals surface area contributed by atoms with E-state index in [0.29, 0.717) is 11.3 Å². The molecule has 7 nitrogen and oxygen atoms in total. The highest BCUT2D eigenvalue weighted by molar-refractivity contribution is 5.98. The van der Waals surface area contributed by atoms with Crippen molar-refractivity contribution in [3.05, 3.63) is 95.2 Å². The fourth-order valence-corrected chi connectivity index (χ4v) is 3.82. The molecule has 3 aromatic carbocycles. The Bertz CT molecular complexity index is 1290. The first-order valence-corrected chi connectivity index (χ1v) is 10.3. The van der Waals surface area contributed by atoms with Gasteiger partial charge in [-0.3, -0.25) is 0 Å². The van der Waals surface area contributed by atoms with Crippen molar-refractivity contribution in [2.45, 2.75) is 13.0 Å². The molecule has 0 spiro atoms. The summed E-state index contributed by atoms with van der Waals surface area (Å²) in [6, 6.07) is 19.0. The van der Waals surface area contributed by atoms with Crippen LogP contribution < -0.4 is 15.4 Å². The zero-order chi connectivity index (χ0) is 23.4. The molecular formula is C26H22N2O5. The second-order valence-corrected chi connectivity index (χ2v) is 7.43. The summed E-state index contributed by atoms with van der Waals surface area (Å²) in [6.07, 6.45) is 2.98. The van der Waals surface area contributed by atoms with E-state index in [9.17, 15) is 14.4 Å². The van der Waals surface area contributed by atoms with Gasteiger partial charge in [0.1, 0.15) is 5.75 Å². The Morgan fingerprint density at radius 3 is 2.45 bits per heavy atom. The van der Waals surface area contributed by atoms with Crippen LogP contribution in [-0.4, -0.2) is 25.1 Å². The Morgan fingerprint density at radius 2 is 1.70 bits per heavy atom. The standard InChI is InChI=1S/C26H22N2O5/c1-16-22(25(30)32-2)24(28-26(31)27-16)23-19-11-7-6-10-18(19)13-14-20(23)33-21(29)15-12-17-8-4-3-5-9-17/h3-15,24H,1-2H3,(H2,27,28,31)/b15-12+. The van der Waals surface area contributed by atoms with E-state index < -0.39 is 24.0 Å². The molecule has 166 valence electrons. The molecule has 0 aromatic heterocycles. The number of esters is 2. The maximum Gasteiger partial charge on any atom is 0.337 e. The van der Waals surface area contributed by atoms with Crippen molar-refractivity contribution in [3.8, 4) is 5.75 Å². The summed E-state index contributed by atoms with van der Waals surface area (Å²) in [5, 5.41) is 6.97. The van der Waals surface area contributed by atoms with Crippen molar-refractivity contribution in [1.82, 2.24) is 10.6 Å². The van der Waals surface area contributed by atoms with Gasteiger partial charge in [-0.05, 0) is 35.4 Å². The molecule has 0 saturated heterocycles. The molecule has 1 aliphatic heterocycles. The summed E-state index contributed by atoms with van der Waals surface area (Å²) in [4.78, 5) is 37.6. The largest absolute Gasteiger partial charge is 0.466 e. The molecule has 1 unspecified atom stereocenters. The first-order chi connectivity index (χ1) is 16.0. The summed E-state index contributed by atoms with van der Waals surface area (Å²) < 4.78 is 10.6. The number of carbonyl (C=O) groups is 3. The molecular weight excluding hydrogens is 420 g/mol. The van der Waals surface area contributed by atoms with Gasteiger partial charge in [0, 0.05) is 17.3 Å². The summed E-state index contributed by atoms with van der Waals surface area (Å²) in [5.41, 5.74) is 1.94. The molecule has 1 aliphatic rings. The molecule has 4 rings (SSSR count). The van der Waals surface area contributed by atoms with Gasteiger partial charge in [-0.25, -0.2) is 14.4 Å². The summed E-state index contributed by atoms with van der Waals surface area (Å²) in [5.74, 6) is -0.951. The third-order valence-electron chi connectivity index (χ3n) is 5.32. The number of methoxy groups -OCH3 is 1. The average Bonchev–Trinajstić information content (AvgIpc) is 2.82. The summed E-state index contributed by atoms with van der Waals surface area (Å²) >= 11 is 0. The van der Waals surface area contributed by atoms with E-state index >= 15 is 0 Å². The Labute approximate surface area is 190 Å². The second-order valence-electron chi connectivity index (χ2n) is 7.43. The van der Waals surface area contributed by atoms with E-state index in [1.165, 1.54) is 13.2 Å². The summed E-state index contributed by atoms with van der Waals surface area (Å²) in [7, 11) is 1.27. The first-order valence-electron chi connectivity index (χ1n) is 10.3. The van der Waals surface area contributed by atoms with Gasteiger partial charge in [0.05, 0.1) is 18.7 Å². The maximum absolute atomic E-state index is 12.6. The number of carbonyl (C=O) groups excluding carboxylic acids is 3. The van der Waals surface area contributed by atoms with Crippen LogP contribution in [0.4, 0.5) is 4.79 Å². The van der Waals surface area contributed by atoms with Crippen LogP contribution >= 0.6 is 0 Å². The average molecular weight is 442 g/mol. The number of amides is 2. The van der Waals surface area contributed by atoms with Crippen LogP contribution in [0.1, 0.15) is 24.1 Å². The molecule has 1 heterocycles. The quantitative estimate of drug-likeness (QED) is 0.350. The van der Waals surface area contributed by atoms with Crippen LogP contribution in [0.25, 0.3) is 16.8 Å². The number of rotatable bonds is 5. The Hall–Kier alpha value is -4.39. The number of hydrogen-bond donors (Lipinski definition) is 2. The third kappa shape index (κ3) is 4.62. The molecule has 33 heavy (non-hydrogen) atoms. The van der Waals surface area contributed by atoms with Crippen LogP contribution in [0.5, 0.6) is 5.75 Å². The van der Waals surface area contributed by atoms with E-state index in [-0.39, 0.29) is 11.3 Å². The molecule has 2 N–H and O–H groups in total. The van der Waals surface area contributed by atoms with Gasteiger partial charge in [0.15, 0.2) is 0 Å². The number of urea groups is 1. The van der Waals surface area contributed by atoms with Gasteiger partial charge in [0.2, 0.25) is 0 Å². The highest BCUT2D eigenvalue weighted by Crippen LogP contribution is 2.38. The molecule has 0 saturated carbocycles. The predicted octanol–water partition coefficient (Wildman–Crippen LogP) is 4.26. The molecule has 0 fully saturated rings. The number of ether oxygens (including phenoxy) is 2. The van der Waals surface area contributed by atoms with Crippen LogP contribution in [0, 0.1) is 0 Å². The lowest BCUT2D eigenvalue weighted by Gasteiger charge is -2.29. The number of hydrogen-bond acceptors (Lipinski definition) is 5. The Kier molecular flexibility index (Phi) is 6.22. The van der Waals surface area contributed by atoms with Gasteiger partial charge >= 0.3 is 18.0 Å². The minimum absolute atomic E-state index is 0.227. The lowest BCUT2D eigenvalue weighted by atomic mass is 9.90. The van der Waals surface area contributed by atoms with Gasteiger partial charge in [-0.15, -0.1) is 0 Å². The molecule has 0 radical (unpaired) electrons. The first kappa shape index (κ1) is 21.8. The van der Waals surface area contributed by atoms with Crippen molar-refractivity contribution in [2.24, 2.45) is 0 Å². The van der Waals surface area contributed by atoms with Gasteiger partial charge in [0.25, 0.3) is 0 Å². The van der Waals surface area contributed by atoms with E-state index in [2.05, 4.69) is 10.6 Å². The zero-order valence-electron chi connectivity index (χ0n) is 18.1. The predicted molar refractivity (Wildman–Crippen MR) is 124 cm³/mol. The van der Waals surface area contributed by atoms with E-state index in [0.717, 1.165) is 16.3 Å². The van der Waals surface area contributed by atoms with Crippen LogP contribution in [-0.2, 0) is 14.3 Å². The van der Waals surface area contributed by atoms with Gasteiger partial charge < -0.3 is 20.1 Å². The smallest absolute Gasteiger partial charge is 0.337 e. The monoisotopic (exact) mass is 442 g/mol. The molecule has 7 heteroatoms. The van der Waals surface area contributed by atoms with Crippen molar-refractivity contribution in [1.29, 1.82) is 0 Å². The fourth-order valence-electron chi connectivity index (χ4n) is 3.82. The second kappa shape index (κ2) is 9.40. The SMILES string of the molecule is COC(=O)C1=C(C)NC(=O)NC1c1c(OC(=O)/C=C/c2ccccc2)ccc2ccccc12. The highest BCUT2D eigenvalue weighted by atomic mass is 16.5. The van der Waals surface area contributed by atoms with E-state index in [4.69, 9.17) is 9.47 Å². The van der Waals surface area contributed by atoms with Crippen LogP contribution in [0.2, 0.25) is 0 Å².